The number of hydrogen-bond acceptors (Lipinski definition) is 3. The molecular formula is C27H45NO2Si. The highest BCUT2D eigenvalue weighted by Gasteiger charge is 2.63. The minimum atomic E-state index is -1.70. The maximum Gasteiger partial charge on any atom is 0.191 e. The topological polar surface area (TPSA) is 29.5 Å². The van der Waals surface area contributed by atoms with Gasteiger partial charge >= 0.3 is 0 Å². The van der Waals surface area contributed by atoms with Crippen molar-refractivity contribution in [1.82, 2.24) is 4.90 Å². The van der Waals surface area contributed by atoms with E-state index in [1.54, 1.807) is 5.57 Å². The Balaban J connectivity index is 1.49. The summed E-state index contributed by atoms with van der Waals surface area (Å²) in [5, 5.41) is 0.259. The van der Waals surface area contributed by atoms with Gasteiger partial charge in [-0.05, 0) is 74.4 Å². The molecule has 4 rings (SSSR count). The smallest absolute Gasteiger partial charge is 0.191 e. The van der Waals surface area contributed by atoms with Gasteiger partial charge in [-0.15, -0.1) is 6.58 Å². The van der Waals surface area contributed by atoms with E-state index >= 15 is 0 Å². The fourth-order valence-corrected chi connectivity index (χ4v) is 8.14. The molecular weight excluding hydrogens is 398 g/mol. The minimum Gasteiger partial charge on any atom is -0.417 e. The van der Waals surface area contributed by atoms with Crippen LogP contribution < -0.4 is 0 Å². The van der Waals surface area contributed by atoms with E-state index in [0.29, 0.717) is 35.6 Å². The van der Waals surface area contributed by atoms with Crippen LogP contribution in [-0.2, 0) is 9.22 Å². The van der Waals surface area contributed by atoms with Gasteiger partial charge in [0.1, 0.15) is 5.78 Å². The van der Waals surface area contributed by atoms with Crippen molar-refractivity contribution in [3.8, 4) is 0 Å². The molecule has 2 aliphatic heterocycles. The Labute approximate surface area is 191 Å². The van der Waals surface area contributed by atoms with Gasteiger partial charge in [0.05, 0.1) is 0 Å². The highest BCUT2D eigenvalue weighted by atomic mass is 28.4. The van der Waals surface area contributed by atoms with Crippen LogP contribution in [0, 0.1) is 23.2 Å². The molecule has 1 saturated carbocycles. The molecule has 0 unspecified atom stereocenters. The number of allylic oxidation sites excluding steroid dienone is 2. The second-order valence-electron chi connectivity index (χ2n) is 12.5. The summed E-state index contributed by atoms with van der Waals surface area (Å²) in [6.07, 6.45) is 11.9. The second kappa shape index (κ2) is 8.25. The molecule has 4 aliphatic rings. The number of ketones is 1. The van der Waals surface area contributed by atoms with Crippen molar-refractivity contribution in [3.63, 3.8) is 0 Å². The third kappa shape index (κ3) is 3.85. The summed E-state index contributed by atoms with van der Waals surface area (Å²) in [5.41, 5.74) is 1.42. The molecule has 4 heteroatoms. The van der Waals surface area contributed by atoms with E-state index in [-0.39, 0.29) is 10.5 Å². The van der Waals surface area contributed by atoms with Crippen molar-refractivity contribution in [1.29, 1.82) is 0 Å². The maximum atomic E-state index is 13.6. The lowest BCUT2D eigenvalue weighted by Crippen LogP contribution is -2.58. The van der Waals surface area contributed by atoms with Crippen molar-refractivity contribution in [2.75, 3.05) is 13.2 Å². The van der Waals surface area contributed by atoms with Gasteiger partial charge in [-0.1, -0.05) is 45.4 Å². The normalized spacial score (nSPS) is 38.5. The Kier molecular flexibility index (Phi) is 6.24. The van der Waals surface area contributed by atoms with E-state index in [9.17, 15) is 4.79 Å². The number of rotatable bonds is 7. The van der Waals surface area contributed by atoms with Gasteiger partial charge in [-0.3, -0.25) is 9.69 Å². The van der Waals surface area contributed by atoms with E-state index in [4.69, 9.17) is 4.43 Å². The van der Waals surface area contributed by atoms with Gasteiger partial charge in [-0.2, -0.15) is 0 Å². The zero-order chi connectivity index (χ0) is 22.6. The van der Waals surface area contributed by atoms with Crippen molar-refractivity contribution < 1.29 is 9.22 Å². The molecule has 6 atom stereocenters. The molecule has 174 valence electrons. The van der Waals surface area contributed by atoms with Crippen LogP contribution in [-0.4, -0.2) is 44.2 Å². The summed E-state index contributed by atoms with van der Waals surface area (Å²) in [7, 11) is -1.70. The van der Waals surface area contributed by atoms with Crippen LogP contribution in [0.5, 0.6) is 0 Å². The minimum absolute atomic E-state index is 0.145. The maximum absolute atomic E-state index is 13.6. The van der Waals surface area contributed by atoms with E-state index in [1.165, 1.54) is 19.3 Å². The first-order chi connectivity index (χ1) is 14.5. The fraction of sp³-hybridized carbons (Fsp3) is 0.815. The Hall–Kier alpha value is -0.713. The number of nitrogens with zero attached hydrogens (tertiary/aromatic N) is 1. The largest absolute Gasteiger partial charge is 0.417 e. The molecule has 0 bridgehead atoms. The Morgan fingerprint density at radius 1 is 1.32 bits per heavy atom. The lowest BCUT2D eigenvalue weighted by atomic mass is 9.68. The monoisotopic (exact) mass is 443 g/mol. The lowest BCUT2D eigenvalue weighted by molar-refractivity contribution is -0.138. The summed E-state index contributed by atoms with van der Waals surface area (Å²) in [5.74, 6) is 2.51. The summed E-state index contributed by atoms with van der Waals surface area (Å²) in [6, 6.07) is 0.777. The van der Waals surface area contributed by atoms with Gasteiger partial charge in [0.25, 0.3) is 0 Å². The molecule has 2 heterocycles. The predicted molar refractivity (Wildman–Crippen MR) is 132 cm³/mol. The van der Waals surface area contributed by atoms with Crippen molar-refractivity contribution >= 4 is 14.1 Å². The number of hydrogen-bond donors (Lipinski definition) is 0. The van der Waals surface area contributed by atoms with Gasteiger partial charge < -0.3 is 4.43 Å². The quantitative estimate of drug-likeness (QED) is 0.338. The number of Topliss-reactive ketones (excluding diaryl/α,β-unsaturated/α-hetero) is 1. The average molecular weight is 444 g/mol. The Morgan fingerprint density at radius 3 is 2.74 bits per heavy atom. The first-order valence-corrected chi connectivity index (χ1v) is 15.7. The van der Waals surface area contributed by atoms with Crippen LogP contribution in [0.3, 0.4) is 0 Å². The van der Waals surface area contributed by atoms with Gasteiger partial charge in [-0.25, -0.2) is 0 Å². The van der Waals surface area contributed by atoms with Crippen molar-refractivity contribution in [2.45, 2.75) is 103 Å². The summed E-state index contributed by atoms with van der Waals surface area (Å²) < 4.78 is 6.53. The lowest BCUT2D eigenvalue weighted by Gasteiger charge is -2.48. The van der Waals surface area contributed by atoms with E-state index < -0.39 is 8.32 Å². The molecule has 2 aliphatic carbocycles. The van der Waals surface area contributed by atoms with Crippen molar-refractivity contribution in [3.05, 3.63) is 24.3 Å². The van der Waals surface area contributed by atoms with Gasteiger partial charge in [0, 0.05) is 37.1 Å². The third-order valence-corrected chi connectivity index (χ3v) is 14.4. The molecule has 0 amide bonds. The molecule has 0 spiro atoms. The Bertz CT molecular complexity index is 751. The van der Waals surface area contributed by atoms with E-state index in [0.717, 1.165) is 38.8 Å². The molecule has 2 saturated heterocycles. The first kappa shape index (κ1) is 23.4. The van der Waals surface area contributed by atoms with E-state index in [2.05, 4.69) is 58.3 Å². The van der Waals surface area contributed by atoms with Crippen LogP contribution in [0.15, 0.2) is 24.3 Å². The molecule has 0 N–H and O–H groups in total. The van der Waals surface area contributed by atoms with Crippen LogP contribution in [0.4, 0.5) is 0 Å². The summed E-state index contributed by atoms with van der Waals surface area (Å²) >= 11 is 0. The fourth-order valence-electron chi connectivity index (χ4n) is 7.08. The Morgan fingerprint density at radius 2 is 2.06 bits per heavy atom. The number of piperidine rings is 1. The average Bonchev–Trinajstić information content (AvgIpc) is 3.36. The van der Waals surface area contributed by atoms with Crippen LogP contribution >= 0.6 is 0 Å². The second-order valence-corrected chi connectivity index (χ2v) is 17.3. The van der Waals surface area contributed by atoms with Crippen LogP contribution in [0.2, 0.25) is 18.1 Å². The molecule has 0 aromatic carbocycles. The van der Waals surface area contributed by atoms with Crippen molar-refractivity contribution in [2.24, 2.45) is 23.2 Å². The first-order valence-electron chi connectivity index (χ1n) is 12.8. The van der Waals surface area contributed by atoms with Crippen LogP contribution in [0.25, 0.3) is 0 Å². The molecule has 3 nitrogen and oxygen atoms in total. The van der Waals surface area contributed by atoms with Gasteiger partial charge in [0.2, 0.25) is 0 Å². The molecule has 3 fully saturated rings. The third-order valence-electron chi connectivity index (χ3n) is 9.81. The summed E-state index contributed by atoms with van der Waals surface area (Å²) in [4.78, 5) is 16.4. The highest BCUT2D eigenvalue weighted by molar-refractivity contribution is 6.74. The molecule has 0 aromatic rings. The zero-order valence-electron chi connectivity index (χ0n) is 20.9. The molecule has 31 heavy (non-hydrogen) atoms. The number of carbonyl (C=O) groups excluding carboxylic acids is 1. The zero-order valence-corrected chi connectivity index (χ0v) is 21.9. The summed E-state index contributed by atoms with van der Waals surface area (Å²) in [6.45, 7) is 20.1. The van der Waals surface area contributed by atoms with Crippen LogP contribution in [0.1, 0.15) is 72.6 Å². The molecule has 0 aromatic heterocycles. The SMILES string of the molecule is C=CC[C@]12CC[C@@H]3[C@H](C)CN([C@@H](C4=CCC[C@@H]4CCO[Si](C)(C)C(C)(C)C)CC1=O)[C@@H]32. The highest BCUT2D eigenvalue weighted by Crippen LogP contribution is 2.59. The predicted octanol–water partition coefficient (Wildman–Crippen LogP) is 6.37. The standard InChI is InChI=1S/C27H45NO2Si/c1-8-14-27-15-12-21-19(2)18-28(25(21)27)23(17-24(27)29)22-11-9-10-20(22)13-16-30-31(6,7)26(3,4)5/h8,11,19-21,23,25H,1,9-10,12-18H2,2-7H3/t19-,20-,21-,23-,25+,27+/m1/s1. The van der Waals surface area contributed by atoms with Gasteiger partial charge in [0.15, 0.2) is 8.32 Å². The molecule has 0 radical (unpaired) electrons. The number of carbonyl (C=O) groups is 1. The van der Waals surface area contributed by atoms with E-state index in [1.807, 2.05) is 6.08 Å².